The van der Waals surface area contributed by atoms with Crippen molar-refractivity contribution in [3.63, 3.8) is 0 Å². The fourth-order valence-corrected chi connectivity index (χ4v) is 3.25. The van der Waals surface area contributed by atoms with Crippen molar-refractivity contribution in [1.29, 1.82) is 0 Å². The van der Waals surface area contributed by atoms with Gasteiger partial charge in [0.2, 0.25) is 15.9 Å². The Hall–Kier alpha value is -2.38. The van der Waals surface area contributed by atoms with Gasteiger partial charge in [0.05, 0.1) is 23.7 Å². The molecular formula is C17H20N2O4S. The summed E-state index contributed by atoms with van der Waals surface area (Å²) in [5.74, 6) is 0.103. The second kappa shape index (κ2) is 7.94. The Morgan fingerprint density at radius 2 is 1.71 bits per heavy atom. The van der Waals surface area contributed by atoms with Crippen molar-refractivity contribution in [3.05, 3.63) is 54.6 Å². The van der Waals surface area contributed by atoms with Gasteiger partial charge in [-0.05, 0) is 31.2 Å². The van der Waals surface area contributed by atoms with Crippen LogP contribution in [-0.2, 0) is 14.8 Å². The number of benzene rings is 2. The second-order valence-corrected chi connectivity index (χ2v) is 7.10. The van der Waals surface area contributed by atoms with Gasteiger partial charge in [-0.25, -0.2) is 8.42 Å². The largest absolute Gasteiger partial charge is 0.492 e. The smallest absolute Gasteiger partial charge is 0.243 e. The average Bonchev–Trinajstić information content (AvgIpc) is 2.57. The van der Waals surface area contributed by atoms with E-state index in [9.17, 15) is 13.2 Å². The molecule has 7 heteroatoms. The molecule has 0 saturated heterocycles. The van der Waals surface area contributed by atoms with Crippen LogP contribution in [0.15, 0.2) is 59.5 Å². The van der Waals surface area contributed by atoms with E-state index in [4.69, 9.17) is 4.74 Å². The van der Waals surface area contributed by atoms with E-state index in [2.05, 4.69) is 5.32 Å². The van der Waals surface area contributed by atoms with Crippen LogP contribution < -0.4 is 10.1 Å². The van der Waals surface area contributed by atoms with E-state index in [1.807, 2.05) is 6.92 Å². The Kier molecular flexibility index (Phi) is 5.94. The first-order valence-corrected chi connectivity index (χ1v) is 8.92. The molecule has 0 radical (unpaired) electrons. The normalized spacial score (nSPS) is 11.3. The van der Waals surface area contributed by atoms with Gasteiger partial charge in [0.1, 0.15) is 5.75 Å². The van der Waals surface area contributed by atoms with Crippen LogP contribution in [-0.4, -0.2) is 38.8 Å². The number of para-hydroxylation sites is 2. The minimum atomic E-state index is -3.71. The summed E-state index contributed by atoms with van der Waals surface area (Å²) in [6.07, 6.45) is 0. The molecule has 0 heterocycles. The quantitative estimate of drug-likeness (QED) is 0.833. The van der Waals surface area contributed by atoms with Crippen LogP contribution in [0.2, 0.25) is 0 Å². The maximum absolute atomic E-state index is 12.4. The number of likely N-dealkylation sites (N-methyl/N-ethyl adjacent to an activating group) is 1. The molecule has 6 nitrogen and oxygen atoms in total. The van der Waals surface area contributed by atoms with E-state index in [0.717, 1.165) is 4.31 Å². The molecular weight excluding hydrogens is 328 g/mol. The number of nitrogens with one attached hydrogen (secondary N) is 1. The van der Waals surface area contributed by atoms with E-state index in [1.54, 1.807) is 42.5 Å². The fourth-order valence-electron chi connectivity index (χ4n) is 2.10. The zero-order valence-corrected chi connectivity index (χ0v) is 14.4. The number of rotatable bonds is 7. The maximum Gasteiger partial charge on any atom is 0.243 e. The fraction of sp³-hybridized carbons (Fsp3) is 0.235. The number of sulfonamides is 1. The van der Waals surface area contributed by atoms with Crippen LogP contribution in [0.5, 0.6) is 5.75 Å². The maximum atomic E-state index is 12.4. The molecule has 2 aromatic rings. The summed E-state index contributed by atoms with van der Waals surface area (Å²) in [6.45, 7) is 2.02. The summed E-state index contributed by atoms with van der Waals surface area (Å²) in [5, 5.41) is 2.68. The van der Waals surface area contributed by atoms with Crippen LogP contribution in [0, 0.1) is 0 Å². The lowest BCUT2D eigenvalue weighted by Crippen LogP contribution is -2.35. The van der Waals surface area contributed by atoms with Crippen molar-refractivity contribution in [1.82, 2.24) is 4.31 Å². The molecule has 0 saturated carbocycles. The summed E-state index contributed by atoms with van der Waals surface area (Å²) in [5.41, 5.74) is 0.509. The predicted octanol–water partition coefficient (Wildman–Crippen LogP) is 2.34. The highest BCUT2D eigenvalue weighted by Gasteiger charge is 2.22. The second-order valence-electron chi connectivity index (χ2n) is 5.05. The molecule has 2 aromatic carbocycles. The summed E-state index contributed by atoms with van der Waals surface area (Å²) >= 11 is 0. The van der Waals surface area contributed by atoms with E-state index in [1.165, 1.54) is 19.2 Å². The molecule has 0 aromatic heterocycles. The number of hydrogen-bond acceptors (Lipinski definition) is 4. The standard InChI is InChI=1S/C17H20N2O4S/c1-3-23-16-12-8-7-11-15(16)18-17(20)13-19(2)24(21,22)14-9-5-4-6-10-14/h4-12H,3,13H2,1-2H3,(H,18,20). The van der Waals surface area contributed by atoms with Crippen LogP contribution in [0.1, 0.15) is 6.92 Å². The Balaban J connectivity index is 2.07. The summed E-state index contributed by atoms with van der Waals surface area (Å²) in [6, 6.07) is 15.0. The van der Waals surface area contributed by atoms with Crippen molar-refractivity contribution in [2.24, 2.45) is 0 Å². The van der Waals surface area contributed by atoms with Gasteiger partial charge in [-0.15, -0.1) is 0 Å². The first-order chi connectivity index (χ1) is 11.4. The van der Waals surface area contributed by atoms with Crippen LogP contribution in [0.3, 0.4) is 0 Å². The van der Waals surface area contributed by atoms with Gasteiger partial charge < -0.3 is 10.1 Å². The Bertz CT molecular complexity index is 791. The van der Waals surface area contributed by atoms with Crippen LogP contribution in [0.25, 0.3) is 0 Å². The summed E-state index contributed by atoms with van der Waals surface area (Å²) in [7, 11) is -2.33. The van der Waals surface area contributed by atoms with Gasteiger partial charge in [-0.3, -0.25) is 4.79 Å². The van der Waals surface area contributed by atoms with Gasteiger partial charge in [0.25, 0.3) is 0 Å². The van der Waals surface area contributed by atoms with Gasteiger partial charge >= 0.3 is 0 Å². The van der Waals surface area contributed by atoms with Gasteiger partial charge in [0.15, 0.2) is 0 Å². The van der Waals surface area contributed by atoms with Crippen LogP contribution >= 0.6 is 0 Å². The first-order valence-electron chi connectivity index (χ1n) is 7.48. The van der Waals surface area contributed by atoms with E-state index in [-0.39, 0.29) is 11.4 Å². The minimum Gasteiger partial charge on any atom is -0.492 e. The van der Waals surface area contributed by atoms with Crippen LogP contribution in [0.4, 0.5) is 5.69 Å². The lowest BCUT2D eigenvalue weighted by molar-refractivity contribution is -0.116. The molecule has 1 N–H and O–H groups in total. The van der Waals surface area contributed by atoms with Crippen molar-refractivity contribution < 1.29 is 17.9 Å². The molecule has 0 bridgehead atoms. The van der Waals surface area contributed by atoms with Crippen molar-refractivity contribution in [2.45, 2.75) is 11.8 Å². The molecule has 24 heavy (non-hydrogen) atoms. The SMILES string of the molecule is CCOc1ccccc1NC(=O)CN(C)S(=O)(=O)c1ccccc1. The molecule has 128 valence electrons. The zero-order valence-electron chi connectivity index (χ0n) is 13.6. The summed E-state index contributed by atoms with van der Waals surface area (Å²) < 4.78 is 31.3. The molecule has 0 fully saturated rings. The Morgan fingerprint density at radius 3 is 2.38 bits per heavy atom. The summed E-state index contributed by atoms with van der Waals surface area (Å²) in [4.78, 5) is 12.3. The molecule has 1 amide bonds. The molecule has 0 atom stereocenters. The third kappa shape index (κ3) is 4.33. The lowest BCUT2D eigenvalue weighted by Gasteiger charge is -2.17. The Morgan fingerprint density at radius 1 is 1.08 bits per heavy atom. The monoisotopic (exact) mass is 348 g/mol. The highest BCUT2D eigenvalue weighted by atomic mass is 32.2. The van der Waals surface area contributed by atoms with E-state index < -0.39 is 15.9 Å². The number of carbonyl (C=O) groups is 1. The molecule has 0 aliphatic carbocycles. The third-order valence-corrected chi connectivity index (χ3v) is 5.10. The average molecular weight is 348 g/mol. The number of anilines is 1. The number of hydrogen-bond donors (Lipinski definition) is 1. The third-order valence-electron chi connectivity index (χ3n) is 3.28. The first kappa shape index (κ1) is 18.0. The van der Waals surface area contributed by atoms with Crippen molar-refractivity contribution in [3.8, 4) is 5.75 Å². The highest BCUT2D eigenvalue weighted by molar-refractivity contribution is 7.89. The topological polar surface area (TPSA) is 75.7 Å². The highest BCUT2D eigenvalue weighted by Crippen LogP contribution is 2.23. The van der Waals surface area contributed by atoms with Gasteiger partial charge in [-0.2, -0.15) is 4.31 Å². The number of nitrogens with zero attached hydrogens (tertiary/aromatic N) is 1. The molecule has 0 aliphatic heterocycles. The number of amides is 1. The minimum absolute atomic E-state index is 0.148. The zero-order chi connectivity index (χ0) is 17.6. The molecule has 0 unspecified atom stereocenters. The van der Waals surface area contributed by atoms with E-state index in [0.29, 0.717) is 18.0 Å². The van der Waals surface area contributed by atoms with Gasteiger partial charge in [-0.1, -0.05) is 30.3 Å². The molecule has 0 aliphatic rings. The Labute approximate surface area is 142 Å². The van der Waals surface area contributed by atoms with E-state index >= 15 is 0 Å². The van der Waals surface area contributed by atoms with Gasteiger partial charge in [0, 0.05) is 7.05 Å². The lowest BCUT2D eigenvalue weighted by atomic mass is 10.3. The number of carbonyl (C=O) groups excluding carboxylic acids is 1. The molecule has 2 rings (SSSR count). The number of ether oxygens (including phenoxy) is 1. The van der Waals surface area contributed by atoms with Crippen molar-refractivity contribution in [2.75, 3.05) is 25.5 Å². The van der Waals surface area contributed by atoms with Crippen molar-refractivity contribution >= 4 is 21.6 Å². The predicted molar refractivity (Wildman–Crippen MR) is 92.5 cm³/mol. The molecule has 0 spiro atoms.